The number of sulfonamides is 1. The van der Waals surface area contributed by atoms with Crippen LogP contribution >= 0.6 is 23.2 Å². The van der Waals surface area contributed by atoms with Gasteiger partial charge in [-0.3, -0.25) is 0 Å². The average Bonchev–Trinajstić information content (AvgIpc) is 2.90. The van der Waals surface area contributed by atoms with Crippen LogP contribution in [-0.4, -0.2) is 27.7 Å². The molecule has 1 heterocycles. The van der Waals surface area contributed by atoms with Gasteiger partial charge in [-0.2, -0.15) is 0 Å². The van der Waals surface area contributed by atoms with E-state index in [4.69, 9.17) is 33.7 Å². The fourth-order valence-corrected chi connectivity index (χ4v) is 4.29. The minimum absolute atomic E-state index is 0.0512. The fraction of sp³-hybridized carbons (Fsp3) is 0.538. The van der Waals surface area contributed by atoms with Gasteiger partial charge in [0, 0.05) is 19.1 Å². The van der Waals surface area contributed by atoms with Gasteiger partial charge >= 0.3 is 0 Å². The van der Waals surface area contributed by atoms with Gasteiger partial charge in [-0.25, -0.2) is 13.1 Å². The summed E-state index contributed by atoms with van der Waals surface area (Å²) >= 11 is 11.8. The Kier molecular flexibility index (Phi) is 5.38. The lowest BCUT2D eigenvalue weighted by Gasteiger charge is -2.18. The maximum absolute atomic E-state index is 12.3. The minimum atomic E-state index is -3.73. The molecule has 8 heteroatoms. The molecule has 0 saturated carbocycles. The molecule has 0 bridgehead atoms. The first-order chi connectivity index (χ1) is 9.86. The molecule has 21 heavy (non-hydrogen) atoms. The van der Waals surface area contributed by atoms with Gasteiger partial charge in [0.1, 0.15) is 4.90 Å². The molecule has 2 unspecified atom stereocenters. The summed E-state index contributed by atoms with van der Waals surface area (Å²) in [6.45, 7) is 3.01. The van der Waals surface area contributed by atoms with Crippen LogP contribution < -0.4 is 10.5 Å². The van der Waals surface area contributed by atoms with Crippen molar-refractivity contribution in [3.05, 3.63) is 22.2 Å². The third-order valence-electron chi connectivity index (χ3n) is 3.66. The summed E-state index contributed by atoms with van der Waals surface area (Å²) in [4.78, 5) is -0.0574. The topological polar surface area (TPSA) is 81.4 Å². The highest BCUT2D eigenvalue weighted by atomic mass is 35.5. The van der Waals surface area contributed by atoms with Crippen LogP contribution in [0.5, 0.6) is 0 Å². The first kappa shape index (κ1) is 16.8. The Morgan fingerprint density at radius 1 is 1.43 bits per heavy atom. The second kappa shape index (κ2) is 6.71. The third kappa shape index (κ3) is 3.63. The number of nitrogens with one attached hydrogen (secondary N) is 1. The molecule has 0 amide bonds. The molecule has 1 saturated heterocycles. The molecule has 1 aliphatic heterocycles. The van der Waals surface area contributed by atoms with Crippen molar-refractivity contribution in [3.8, 4) is 0 Å². The average molecular weight is 353 g/mol. The summed E-state index contributed by atoms with van der Waals surface area (Å²) in [7, 11) is -3.73. The highest BCUT2D eigenvalue weighted by Gasteiger charge is 2.29. The molecule has 0 spiro atoms. The maximum atomic E-state index is 12.3. The lowest BCUT2D eigenvalue weighted by atomic mass is 10.0. The van der Waals surface area contributed by atoms with Crippen molar-refractivity contribution in [2.75, 3.05) is 18.9 Å². The van der Waals surface area contributed by atoms with Gasteiger partial charge in [0.25, 0.3) is 0 Å². The second-order valence-corrected chi connectivity index (χ2v) is 7.51. The van der Waals surface area contributed by atoms with Gasteiger partial charge in [0.2, 0.25) is 10.0 Å². The van der Waals surface area contributed by atoms with E-state index in [0.29, 0.717) is 13.2 Å². The summed E-state index contributed by atoms with van der Waals surface area (Å²) in [6, 6.07) is 2.77. The minimum Gasteiger partial charge on any atom is -0.396 e. The molecule has 1 aliphatic rings. The number of hydrogen-bond acceptors (Lipinski definition) is 4. The van der Waals surface area contributed by atoms with Crippen LogP contribution in [0.2, 0.25) is 10.0 Å². The third-order valence-corrected chi connectivity index (χ3v) is 5.98. The molecule has 1 aromatic carbocycles. The molecular weight excluding hydrogens is 335 g/mol. The first-order valence-corrected chi connectivity index (χ1v) is 8.95. The zero-order valence-corrected chi connectivity index (χ0v) is 13.9. The van der Waals surface area contributed by atoms with Crippen LogP contribution in [0.4, 0.5) is 5.69 Å². The number of nitrogens with two attached hydrogens (primary N) is 1. The number of hydrogen-bond donors (Lipinski definition) is 2. The summed E-state index contributed by atoms with van der Waals surface area (Å²) in [6.07, 6.45) is 1.80. The van der Waals surface area contributed by atoms with Crippen molar-refractivity contribution in [1.82, 2.24) is 4.72 Å². The van der Waals surface area contributed by atoms with E-state index in [1.54, 1.807) is 0 Å². The normalized spacial score (nSPS) is 22.6. The zero-order chi connectivity index (χ0) is 15.6. The standard InChI is InChI=1S/C13H18Cl2N2O3S/c1-2-10-8(5-6-20-10)7-17-21(18,19)11-4-3-9(14)13(16)12(11)15/h3-4,8,10,17H,2,5-7,16H2,1H3. The van der Waals surface area contributed by atoms with Gasteiger partial charge in [-0.15, -0.1) is 0 Å². The number of ether oxygens (including phenoxy) is 1. The van der Waals surface area contributed by atoms with Gasteiger partial charge in [-0.05, 0) is 25.0 Å². The van der Waals surface area contributed by atoms with E-state index in [1.165, 1.54) is 12.1 Å². The number of anilines is 1. The Labute approximate surface area is 134 Å². The van der Waals surface area contributed by atoms with E-state index in [2.05, 4.69) is 4.72 Å². The molecule has 0 aromatic heterocycles. The smallest absolute Gasteiger partial charge is 0.242 e. The lowest BCUT2D eigenvalue weighted by Crippen LogP contribution is -2.33. The van der Waals surface area contributed by atoms with Crippen LogP contribution in [0, 0.1) is 5.92 Å². The Hall–Kier alpha value is -0.530. The Balaban J connectivity index is 2.14. The first-order valence-electron chi connectivity index (χ1n) is 6.71. The maximum Gasteiger partial charge on any atom is 0.242 e. The summed E-state index contributed by atoms with van der Waals surface area (Å²) in [5.74, 6) is 0.174. The molecule has 3 N–H and O–H groups in total. The van der Waals surface area contributed by atoms with Crippen molar-refractivity contribution in [1.29, 1.82) is 0 Å². The highest BCUT2D eigenvalue weighted by Crippen LogP contribution is 2.33. The summed E-state index contributed by atoms with van der Waals surface area (Å²) in [5.41, 5.74) is 5.73. The number of halogens is 2. The summed E-state index contributed by atoms with van der Waals surface area (Å²) < 4.78 is 32.8. The quantitative estimate of drug-likeness (QED) is 0.798. The van der Waals surface area contributed by atoms with Crippen LogP contribution in [0.15, 0.2) is 17.0 Å². The Morgan fingerprint density at radius 2 is 2.14 bits per heavy atom. The molecular formula is C13H18Cl2N2O3S. The van der Waals surface area contributed by atoms with Crippen molar-refractivity contribution >= 4 is 38.9 Å². The van der Waals surface area contributed by atoms with Crippen LogP contribution in [-0.2, 0) is 14.8 Å². The zero-order valence-electron chi connectivity index (χ0n) is 11.6. The van der Waals surface area contributed by atoms with E-state index in [9.17, 15) is 8.42 Å². The van der Waals surface area contributed by atoms with Gasteiger partial charge in [0.15, 0.2) is 0 Å². The molecule has 0 aliphatic carbocycles. The largest absolute Gasteiger partial charge is 0.396 e. The van der Waals surface area contributed by atoms with Crippen LogP contribution in [0.25, 0.3) is 0 Å². The number of benzene rings is 1. The van der Waals surface area contributed by atoms with E-state index in [1.807, 2.05) is 6.92 Å². The predicted octanol–water partition coefficient (Wildman–Crippen LogP) is 2.67. The fourth-order valence-electron chi connectivity index (χ4n) is 2.43. The van der Waals surface area contributed by atoms with E-state index < -0.39 is 10.0 Å². The Bertz CT molecular complexity index is 622. The number of rotatable bonds is 5. The van der Waals surface area contributed by atoms with E-state index in [-0.39, 0.29) is 32.7 Å². The molecule has 1 fully saturated rings. The molecule has 2 rings (SSSR count). The highest BCUT2D eigenvalue weighted by molar-refractivity contribution is 7.89. The van der Waals surface area contributed by atoms with Crippen molar-refractivity contribution in [2.45, 2.75) is 30.8 Å². The van der Waals surface area contributed by atoms with Gasteiger partial charge in [0.05, 0.1) is 21.8 Å². The Morgan fingerprint density at radius 3 is 2.81 bits per heavy atom. The molecule has 118 valence electrons. The van der Waals surface area contributed by atoms with Crippen molar-refractivity contribution in [3.63, 3.8) is 0 Å². The van der Waals surface area contributed by atoms with Crippen molar-refractivity contribution in [2.24, 2.45) is 5.92 Å². The number of nitrogen functional groups attached to an aromatic ring is 1. The monoisotopic (exact) mass is 352 g/mol. The summed E-state index contributed by atoms with van der Waals surface area (Å²) in [5, 5.41) is 0.180. The second-order valence-electron chi connectivity index (χ2n) is 4.99. The lowest BCUT2D eigenvalue weighted by molar-refractivity contribution is 0.0884. The van der Waals surface area contributed by atoms with Crippen LogP contribution in [0.1, 0.15) is 19.8 Å². The molecule has 0 radical (unpaired) electrons. The molecule has 1 aromatic rings. The molecule has 2 atom stereocenters. The molecule has 5 nitrogen and oxygen atoms in total. The van der Waals surface area contributed by atoms with Crippen LogP contribution in [0.3, 0.4) is 0 Å². The predicted molar refractivity (Wildman–Crippen MR) is 84.2 cm³/mol. The van der Waals surface area contributed by atoms with E-state index in [0.717, 1.165) is 12.8 Å². The van der Waals surface area contributed by atoms with Gasteiger partial charge < -0.3 is 10.5 Å². The van der Waals surface area contributed by atoms with E-state index >= 15 is 0 Å². The van der Waals surface area contributed by atoms with Gasteiger partial charge in [-0.1, -0.05) is 30.1 Å². The van der Waals surface area contributed by atoms with Crippen molar-refractivity contribution < 1.29 is 13.2 Å². The SMILES string of the molecule is CCC1OCCC1CNS(=O)(=O)c1ccc(Cl)c(N)c1Cl.